The summed E-state index contributed by atoms with van der Waals surface area (Å²) in [6, 6.07) is 8.48. The normalized spacial score (nSPS) is 13.4. The van der Waals surface area contributed by atoms with Gasteiger partial charge in [-0.15, -0.1) is 0 Å². The van der Waals surface area contributed by atoms with Crippen molar-refractivity contribution in [2.45, 2.75) is 38.8 Å². The lowest BCUT2D eigenvalue weighted by molar-refractivity contribution is 0.00695. The highest BCUT2D eigenvalue weighted by atomic mass is 16.5. The first kappa shape index (κ1) is 15.0. The molecule has 18 heavy (non-hydrogen) atoms. The van der Waals surface area contributed by atoms with Crippen LogP contribution in [-0.4, -0.2) is 26.4 Å². The average Bonchev–Trinajstić information content (AvgIpc) is 2.38. The van der Waals surface area contributed by atoms with Gasteiger partial charge < -0.3 is 14.8 Å². The first-order valence-corrected chi connectivity index (χ1v) is 6.45. The van der Waals surface area contributed by atoms with Crippen molar-refractivity contribution in [3.63, 3.8) is 0 Å². The van der Waals surface area contributed by atoms with Gasteiger partial charge in [0.2, 0.25) is 0 Å². The molecule has 0 heterocycles. The van der Waals surface area contributed by atoms with E-state index in [2.05, 4.69) is 38.2 Å². The summed E-state index contributed by atoms with van der Waals surface area (Å²) in [5, 5.41) is 3.51. The Balaban J connectivity index is 2.89. The van der Waals surface area contributed by atoms with E-state index in [-0.39, 0.29) is 11.6 Å². The highest BCUT2D eigenvalue weighted by Gasteiger charge is 2.23. The van der Waals surface area contributed by atoms with Crippen LogP contribution < -0.4 is 10.1 Å². The Morgan fingerprint density at radius 3 is 2.56 bits per heavy atom. The Kier molecular flexibility index (Phi) is 5.63. The fourth-order valence-electron chi connectivity index (χ4n) is 1.99. The minimum atomic E-state index is -0.143. The molecule has 0 saturated carbocycles. The van der Waals surface area contributed by atoms with E-state index in [1.165, 1.54) is 5.56 Å². The van der Waals surface area contributed by atoms with Crippen LogP contribution in [0.5, 0.6) is 5.75 Å². The molecule has 1 N–H and O–H groups in total. The molecule has 0 bridgehead atoms. The molecule has 0 saturated heterocycles. The maximum atomic E-state index is 5.52. The maximum Gasteiger partial charge on any atom is 0.119 e. The van der Waals surface area contributed by atoms with Crippen LogP contribution in [0.1, 0.15) is 38.8 Å². The lowest BCUT2D eigenvalue weighted by atomic mass is 9.93. The van der Waals surface area contributed by atoms with Crippen LogP contribution in [0.4, 0.5) is 0 Å². The van der Waals surface area contributed by atoms with Gasteiger partial charge in [-0.2, -0.15) is 0 Å². The Labute approximate surface area is 110 Å². The van der Waals surface area contributed by atoms with Gasteiger partial charge in [-0.05, 0) is 44.5 Å². The molecule has 0 aliphatic rings. The van der Waals surface area contributed by atoms with Crippen molar-refractivity contribution in [3.8, 4) is 5.75 Å². The third kappa shape index (κ3) is 4.31. The highest BCUT2D eigenvalue weighted by molar-refractivity contribution is 5.30. The second-order valence-corrected chi connectivity index (χ2v) is 5.05. The minimum Gasteiger partial charge on any atom is -0.497 e. The predicted octanol–water partition coefficient (Wildman–Crippen LogP) is 3.16. The summed E-state index contributed by atoms with van der Waals surface area (Å²) in [6.07, 6.45) is 0.921. The molecule has 1 atom stereocenters. The van der Waals surface area contributed by atoms with Crippen molar-refractivity contribution in [3.05, 3.63) is 29.8 Å². The number of hydrogen-bond acceptors (Lipinski definition) is 3. The number of benzene rings is 1. The molecule has 1 unspecified atom stereocenters. The number of methoxy groups -OCH3 is 2. The molecule has 1 aromatic rings. The van der Waals surface area contributed by atoms with Crippen LogP contribution in [0, 0.1) is 0 Å². The Morgan fingerprint density at radius 1 is 1.28 bits per heavy atom. The molecule has 1 rings (SSSR count). The zero-order chi connectivity index (χ0) is 13.6. The summed E-state index contributed by atoms with van der Waals surface area (Å²) >= 11 is 0. The van der Waals surface area contributed by atoms with Gasteiger partial charge in [0.25, 0.3) is 0 Å². The molecule has 0 fully saturated rings. The van der Waals surface area contributed by atoms with E-state index in [1.807, 2.05) is 12.1 Å². The van der Waals surface area contributed by atoms with Crippen molar-refractivity contribution in [1.29, 1.82) is 0 Å². The number of hydrogen-bond donors (Lipinski definition) is 1. The number of rotatable bonds is 7. The number of ether oxygens (including phenoxy) is 2. The monoisotopic (exact) mass is 251 g/mol. The highest BCUT2D eigenvalue weighted by Crippen LogP contribution is 2.27. The van der Waals surface area contributed by atoms with E-state index < -0.39 is 0 Å². The van der Waals surface area contributed by atoms with Gasteiger partial charge in [-0.25, -0.2) is 0 Å². The second-order valence-electron chi connectivity index (χ2n) is 5.05. The van der Waals surface area contributed by atoms with E-state index >= 15 is 0 Å². The Morgan fingerprint density at radius 2 is 2.00 bits per heavy atom. The molecule has 3 heteroatoms. The fourth-order valence-corrected chi connectivity index (χ4v) is 1.99. The van der Waals surface area contributed by atoms with Gasteiger partial charge >= 0.3 is 0 Å². The maximum absolute atomic E-state index is 5.52. The molecule has 0 amide bonds. The summed E-state index contributed by atoms with van der Waals surface area (Å²) in [5.41, 5.74) is 1.09. The molecular formula is C15H25NO2. The van der Waals surface area contributed by atoms with Crippen LogP contribution in [0.15, 0.2) is 24.3 Å². The van der Waals surface area contributed by atoms with E-state index in [4.69, 9.17) is 9.47 Å². The topological polar surface area (TPSA) is 30.5 Å². The van der Waals surface area contributed by atoms with Gasteiger partial charge in [-0.3, -0.25) is 0 Å². The molecule has 0 aliphatic carbocycles. The van der Waals surface area contributed by atoms with Crippen LogP contribution in [-0.2, 0) is 4.74 Å². The van der Waals surface area contributed by atoms with Gasteiger partial charge in [-0.1, -0.05) is 19.1 Å². The van der Waals surface area contributed by atoms with Crippen molar-refractivity contribution in [2.24, 2.45) is 0 Å². The average molecular weight is 251 g/mol. The van der Waals surface area contributed by atoms with E-state index in [1.54, 1.807) is 14.2 Å². The van der Waals surface area contributed by atoms with Crippen LogP contribution in [0.2, 0.25) is 0 Å². The van der Waals surface area contributed by atoms with Crippen LogP contribution in [0.3, 0.4) is 0 Å². The molecule has 0 aromatic heterocycles. The minimum absolute atomic E-state index is 0.143. The second kappa shape index (κ2) is 6.76. The first-order chi connectivity index (χ1) is 8.52. The van der Waals surface area contributed by atoms with E-state index in [0.29, 0.717) is 0 Å². The molecule has 3 nitrogen and oxygen atoms in total. The predicted molar refractivity (Wildman–Crippen MR) is 75.1 cm³/mol. The van der Waals surface area contributed by atoms with Crippen molar-refractivity contribution in [1.82, 2.24) is 5.32 Å². The van der Waals surface area contributed by atoms with Gasteiger partial charge in [0, 0.05) is 13.2 Å². The SMILES string of the molecule is CCNC(CC(C)(C)OC)c1cccc(OC)c1. The third-order valence-corrected chi connectivity index (χ3v) is 3.19. The van der Waals surface area contributed by atoms with Crippen LogP contribution >= 0.6 is 0 Å². The molecule has 0 radical (unpaired) electrons. The quantitative estimate of drug-likeness (QED) is 0.807. The van der Waals surface area contributed by atoms with E-state index in [0.717, 1.165) is 18.7 Å². The largest absolute Gasteiger partial charge is 0.497 e. The summed E-state index contributed by atoms with van der Waals surface area (Å²) in [5.74, 6) is 0.894. The summed E-state index contributed by atoms with van der Waals surface area (Å²) < 4.78 is 10.8. The Bertz CT molecular complexity index is 363. The van der Waals surface area contributed by atoms with Gasteiger partial charge in [0.15, 0.2) is 0 Å². The molecule has 102 valence electrons. The summed E-state index contributed by atoms with van der Waals surface area (Å²) in [7, 11) is 3.45. The lowest BCUT2D eigenvalue weighted by Crippen LogP contribution is -2.32. The smallest absolute Gasteiger partial charge is 0.119 e. The van der Waals surface area contributed by atoms with Crippen LogP contribution in [0.25, 0.3) is 0 Å². The Hall–Kier alpha value is -1.06. The molecule has 1 aromatic carbocycles. The summed E-state index contributed by atoms with van der Waals surface area (Å²) in [4.78, 5) is 0. The lowest BCUT2D eigenvalue weighted by Gasteiger charge is -2.29. The van der Waals surface area contributed by atoms with E-state index in [9.17, 15) is 0 Å². The summed E-state index contributed by atoms with van der Waals surface area (Å²) in [6.45, 7) is 7.27. The van der Waals surface area contributed by atoms with Gasteiger partial charge in [0.1, 0.15) is 5.75 Å². The first-order valence-electron chi connectivity index (χ1n) is 6.45. The molecular weight excluding hydrogens is 226 g/mol. The van der Waals surface area contributed by atoms with Crippen molar-refractivity contribution >= 4 is 0 Å². The number of nitrogens with one attached hydrogen (secondary N) is 1. The standard InChI is InChI=1S/C15H25NO2/c1-6-16-14(11-15(2,3)18-5)12-8-7-9-13(10-12)17-4/h7-10,14,16H,6,11H2,1-5H3. The molecule has 0 aliphatic heterocycles. The molecule has 0 spiro atoms. The van der Waals surface area contributed by atoms with Crippen molar-refractivity contribution in [2.75, 3.05) is 20.8 Å². The zero-order valence-electron chi connectivity index (χ0n) is 12.1. The fraction of sp³-hybridized carbons (Fsp3) is 0.600. The third-order valence-electron chi connectivity index (χ3n) is 3.19. The van der Waals surface area contributed by atoms with Crippen molar-refractivity contribution < 1.29 is 9.47 Å². The zero-order valence-corrected chi connectivity index (χ0v) is 12.1. The van der Waals surface area contributed by atoms with Gasteiger partial charge in [0.05, 0.1) is 12.7 Å².